The van der Waals surface area contributed by atoms with Gasteiger partial charge in [0.05, 0.1) is 6.04 Å². The Bertz CT molecular complexity index is 599. The second kappa shape index (κ2) is 5.98. The molecule has 22 heavy (non-hydrogen) atoms. The molecule has 1 saturated heterocycles. The number of benzene rings is 1. The maximum atomic E-state index is 12.4. The molecule has 1 aliphatic heterocycles. The topological polar surface area (TPSA) is 49.4 Å². The van der Waals surface area contributed by atoms with Gasteiger partial charge in [0, 0.05) is 18.5 Å². The number of hydrogen-bond donors (Lipinski definition) is 1. The first-order chi connectivity index (χ1) is 10.2. The van der Waals surface area contributed by atoms with Gasteiger partial charge in [-0.05, 0) is 31.0 Å². The summed E-state index contributed by atoms with van der Waals surface area (Å²) in [5, 5.41) is 2.64. The van der Waals surface area contributed by atoms with Gasteiger partial charge in [-0.2, -0.15) is 13.2 Å². The van der Waals surface area contributed by atoms with Crippen molar-refractivity contribution in [3.05, 3.63) is 34.9 Å². The number of aryl methyl sites for hydroxylation is 1. The van der Waals surface area contributed by atoms with Gasteiger partial charge >= 0.3 is 6.18 Å². The second-order valence-electron chi connectivity index (χ2n) is 5.51. The van der Waals surface area contributed by atoms with E-state index in [-0.39, 0.29) is 18.9 Å². The fourth-order valence-corrected chi connectivity index (χ4v) is 2.50. The summed E-state index contributed by atoms with van der Waals surface area (Å²) in [5.74, 6) is -0.962. The van der Waals surface area contributed by atoms with Gasteiger partial charge in [0.25, 0.3) is 5.91 Å². The quantitative estimate of drug-likeness (QED) is 0.930. The lowest BCUT2D eigenvalue weighted by molar-refractivity contribution is -0.157. The van der Waals surface area contributed by atoms with Crippen molar-refractivity contribution in [1.29, 1.82) is 0 Å². The summed E-state index contributed by atoms with van der Waals surface area (Å²) in [6.07, 6.45) is -4.53. The fraction of sp³-hybridized carbons (Fsp3) is 0.467. The Morgan fingerprint density at radius 2 is 2.05 bits per heavy atom. The van der Waals surface area contributed by atoms with Crippen molar-refractivity contribution in [2.75, 3.05) is 13.1 Å². The van der Waals surface area contributed by atoms with E-state index < -0.39 is 24.7 Å². The van der Waals surface area contributed by atoms with Crippen LogP contribution < -0.4 is 5.32 Å². The highest BCUT2D eigenvalue weighted by atomic mass is 19.4. The highest BCUT2D eigenvalue weighted by Gasteiger charge is 2.38. The van der Waals surface area contributed by atoms with Crippen LogP contribution >= 0.6 is 0 Å². The molecule has 1 atom stereocenters. The van der Waals surface area contributed by atoms with Crippen LogP contribution in [0.3, 0.4) is 0 Å². The smallest absolute Gasteiger partial charge is 0.347 e. The predicted molar refractivity (Wildman–Crippen MR) is 74.4 cm³/mol. The Kier molecular flexibility index (Phi) is 4.44. The SMILES string of the molecule is Cc1cccc(C(=O)NC2CC(=O)N(CC(F)(F)F)C2)c1C. The molecule has 2 amide bonds. The Morgan fingerprint density at radius 3 is 2.68 bits per heavy atom. The molecule has 0 spiro atoms. The summed E-state index contributed by atoms with van der Waals surface area (Å²) < 4.78 is 37.1. The number of likely N-dealkylation sites (tertiary alicyclic amines) is 1. The van der Waals surface area contributed by atoms with Gasteiger partial charge in [-0.25, -0.2) is 0 Å². The first-order valence-electron chi connectivity index (χ1n) is 6.89. The number of hydrogen-bond acceptors (Lipinski definition) is 2. The van der Waals surface area contributed by atoms with Crippen molar-refractivity contribution in [2.45, 2.75) is 32.5 Å². The number of halogens is 3. The van der Waals surface area contributed by atoms with Crippen LogP contribution in [0.5, 0.6) is 0 Å². The van der Waals surface area contributed by atoms with E-state index in [0.717, 1.165) is 16.0 Å². The number of carbonyl (C=O) groups excluding carboxylic acids is 2. The van der Waals surface area contributed by atoms with E-state index in [4.69, 9.17) is 0 Å². The molecule has 7 heteroatoms. The zero-order valence-corrected chi connectivity index (χ0v) is 12.3. The average Bonchev–Trinajstić information content (AvgIpc) is 2.70. The Hall–Kier alpha value is -2.05. The van der Waals surface area contributed by atoms with E-state index in [0.29, 0.717) is 5.56 Å². The molecule has 120 valence electrons. The monoisotopic (exact) mass is 314 g/mol. The first kappa shape index (κ1) is 16.3. The molecule has 0 radical (unpaired) electrons. The molecule has 1 aliphatic rings. The number of alkyl halides is 3. The van der Waals surface area contributed by atoms with Crippen LogP contribution in [-0.2, 0) is 4.79 Å². The third-order valence-electron chi connectivity index (χ3n) is 3.77. The predicted octanol–water partition coefficient (Wildman–Crippen LogP) is 2.20. The Balaban J connectivity index is 2.02. The number of rotatable bonds is 3. The van der Waals surface area contributed by atoms with E-state index in [1.54, 1.807) is 19.1 Å². The summed E-state index contributed by atoms with van der Waals surface area (Å²) >= 11 is 0. The van der Waals surface area contributed by atoms with Crippen LogP contribution in [0.25, 0.3) is 0 Å². The van der Waals surface area contributed by atoms with Gasteiger partial charge in [-0.3, -0.25) is 9.59 Å². The molecule has 1 unspecified atom stereocenters. The van der Waals surface area contributed by atoms with Crippen LogP contribution in [0.2, 0.25) is 0 Å². The van der Waals surface area contributed by atoms with Crippen molar-refractivity contribution in [1.82, 2.24) is 10.2 Å². The Labute approximate surface area is 126 Å². The third-order valence-corrected chi connectivity index (χ3v) is 3.77. The molecule has 1 aromatic rings. The normalized spacial score (nSPS) is 18.7. The minimum atomic E-state index is -4.43. The molecule has 0 aliphatic carbocycles. The van der Waals surface area contributed by atoms with Gasteiger partial charge in [-0.15, -0.1) is 0 Å². The van der Waals surface area contributed by atoms with Crippen LogP contribution in [0, 0.1) is 13.8 Å². The summed E-state index contributed by atoms with van der Waals surface area (Å²) in [4.78, 5) is 24.5. The fourth-order valence-electron chi connectivity index (χ4n) is 2.50. The summed E-state index contributed by atoms with van der Waals surface area (Å²) in [6.45, 7) is 2.28. The molecular weight excluding hydrogens is 297 g/mol. The van der Waals surface area contributed by atoms with Crippen LogP contribution in [0.4, 0.5) is 13.2 Å². The van der Waals surface area contributed by atoms with Crippen molar-refractivity contribution < 1.29 is 22.8 Å². The van der Waals surface area contributed by atoms with Crippen molar-refractivity contribution in [3.63, 3.8) is 0 Å². The van der Waals surface area contributed by atoms with Crippen molar-refractivity contribution in [2.24, 2.45) is 0 Å². The van der Waals surface area contributed by atoms with Gasteiger partial charge in [-0.1, -0.05) is 12.1 Å². The molecule has 0 saturated carbocycles. The summed E-state index contributed by atoms with van der Waals surface area (Å²) in [5.41, 5.74) is 2.24. The minimum absolute atomic E-state index is 0.104. The number of nitrogens with zero attached hydrogens (tertiary/aromatic N) is 1. The maximum Gasteiger partial charge on any atom is 0.406 e. The van der Waals surface area contributed by atoms with E-state index in [2.05, 4.69) is 5.32 Å². The number of nitrogens with one attached hydrogen (secondary N) is 1. The maximum absolute atomic E-state index is 12.4. The number of carbonyl (C=O) groups is 2. The van der Waals surface area contributed by atoms with Gasteiger partial charge in [0.15, 0.2) is 0 Å². The third kappa shape index (κ3) is 3.78. The minimum Gasteiger partial charge on any atom is -0.347 e. The lowest BCUT2D eigenvalue weighted by atomic mass is 10.0. The lowest BCUT2D eigenvalue weighted by Crippen LogP contribution is -2.40. The molecule has 1 aromatic carbocycles. The van der Waals surface area contributed by atoms with Crippen molar-refractivity contribution >= 4 is 11.8 Å². The van der Waals surface area contributed by atoms with Crippen LogP contribution in [0.15, 0.2) is 18.2 Å². The average molecular weight is 314 g/mol. The molecule has 1 heterocycles. The highest BCUT2D eigenvalue weighted by Crippen LogP contribution is 2.21. The Morgan fingerprint density at radius 1 is 1.36 bits per heavy atom. The zero-order valence-electron chi connectivity index (χ0n) is 12.3. The van der Waals surface area contributed by atoms with E-state index in [1.807, 2.05) is 13.0 Å². The van der Waals surface area contributed by atoms with E-state index >= 15 is 0 Å². The molecular formula is C15H17F3N2O2. The highest BCUT2D eigenvalue weighted by molar-refractivity contribution is 5.96. The molecule has 0 aromatic heterocycles. The van der Waals surface area contributed by atoms with Gasteiger partial charge in [0.1, 0.15) is 6.54 Å². The molecule has 4 nitrogen and oxygen atoms in total. The second-order valence-corrected chi connectivity index (χ2v) is 5.51. The van der Waals surface area contributed by atoms with Crippen molar-refractivity contribution in [3.8, 4) is 0 Å². The van der Waals surface area contributed by atoms with Crippen LogP contribution in [-0.4, -0.2) is 42.0 Å². The zero-order chi connectivity index (χ0) is 16.5. The molecule has 0 bridgehead atoms. The largest absolute Gasteiger partial charge is 0.406 e. The van der Waals surface area contributed by atoms with Gasteiger partial charge in [0.2, 0.25) is 5.91 Å². The number of amides is 2. The summed E-state index contributed by atoms with van der Waals surface area (Å²) in [6, 6.07) is 4.67. The van der Waals surface area contributed by atoms with Gasteiger partial charge < -0.3 is 10.2 Å². The standard InChI is InChI=1S/C15H17F3N2O2/c1-9-4-3-5-12(10(9)2)14(22)19-11-6-13(21)20(7-11)8-15(16,17)18/h3-5,11H,6-8H2,1-2H3,(H,19,22). The first-order valence-corrected chi connectivity index (χ1v) is 6.89. The van der Waals surface area contributed by atoms with E-state index in [9.17, 15) is 22.8 Å². The molecule has 1 N–H and O–H groups in total. The lowest BCUT2D eigenvalue weighted by Gasteiger charge is -2.19. The van der Waals surface area contributed by atoms with Crippen LogP contribution in [0.1, 0.15) is 27.9 Å². The summed E-state index contributed by atoms with van der Waals surface area (Å²) in [7, 11) is 0. The molecule has 1 fully saturated rings. The van der Waals surface area contributed by atoms with E-state index in [1.165, 1.54) is 0 Å². The molecule has 2 rings (SSSR count).